The van der Waals surface area contributed by atoms with Gasteiger partial charge in [0, 0.05) is 61.8 Å². The summed E-state index contributed by atoms with van der Waals surface area (Å²) in [7, 11) is 1.70. The van der Waals surface area contributed by atoms with Crippen molar-refractivity contribution >= 4 is 28.3 Å². The molecule has 182 valence electrons. The number of aliphatic hydroxyl groups is 1. The number of carbonyl (C=O) groups is 1. The van der Waals surface area contributed by atoms with E-state index in [2.05, 4.69) is 29.9 Å². The molecule has 35 heavy (non-hydrogen) atoms. The summed E-state index contributed by atoms with van der Waals surface area (Å²) in [6.45, 7) is 3.16. The quantitative estimate of drug-likeness (QED) is 0.423. The second-order valence-electron chi connectivity index (χ2n) is 9.23. The minimum Gasteiger partial charge on any atom is -0.386 e. The number of H-pyrrole nitrogens is 1. The number of carbonyl (C=O) groups excluding carboxylic acids is 1. The Kier molecular flexibility index (Phi) is 5.93. The molecule has 0 saturated carbocycles. The van der Waals surface area contributed by atoms with Gasteiger partial charge in [0.15, 0.2) is 0 Å². The van der Waals surface area contributed by atoms with E-state index in [1.165, 1.54) is 10.8 Å². The number of nitrogens with zero attached hydrogens (tertiary/aromatic N) is 7. The summed E-state index contributed by atoms with van der Waals surface area (Å²) >= 11 is 0. The van der Waals surface area contributed by atoms with Crippen LogP contribution in [0.3, 0.4) is 0 Å². The highest BCUT2D eigenvalue weighted by Crippen LogP contribution is 2.31. The van der Waals surface area contributed by atoms with Crippen molar-refractivity contribution in [2.45, 2.75) is 38.2 Å². The standard InChI is InChI=1S/C24H28N8O3/c1-16-17(22(34)32-23(29-16)27-15-28-32)4-5-21(33)30(2)13-24(35)8-3-11-31(14-24)20-7-10-26-19-6-9-25-12-18(19)20/h6-7,9-10,12,15,35H,3-5,8,11,13-14H2,1-2H3,(H,27,28,29)/t24-/m1/s1. The molecule has 2 N–H and O–H groups in total. The van der Waals surface area contributed by atoms with Crippen LogP contribution >= 0.6 is 0 Å². The van der Waals surface area contributed by atoms with Crippen LogP contribution in [0, 0.1) is 6.92 Å². The molecule has 1 atom stereocenters. The molecule has 1 fully saturated rings. The number of piperidine rings is 1. The van der Waals surface area contributed by atoms with Gasteiger partial charge in [0.25, 0.3) is 11.3 Å². The maximum absolute atomic E-state index is 12.9. The Morgan fingerprint density at radius 1 is 1.29 bits per heavy atom. The fraction of sp³-hybridized carbons (Fsp3) is 0.417. The van der Waals surface area contributed by atoms with Gasteiger partial charge in [0.05, 0.1) is 23.4 Å². The summed E-state index contributed by atoms with van der Waals surface area (Å²) in [5, 5.41) is 15.1. The number of fused-ring (bicyclic) bond motifs is 2. The van der Waals surface area contributed by atoms with Crippen LogP contribution in [0.25, 0.3) is 16.7 Å². The number of nitrogens with one attached hydrogen (secondary N) is 1. The van der Waals surface area contributed by atoms with E-state index in [-0.39, 0.29) is 30.9 Å². The molecule has 1 aliphatic rings. The Bertz CT molecular complexity index is 1440. The van der Waals surface area contributed by atoms with Gasteiger partial charge in [0.1, 0.15) is 6.33 Å². The molecule has 1 amide bonds. The van der Waals surface area contributed by atoms with E-state index >= 15 is 0 Å². The first-order chi connectivity index (χ1) is 16.8. The molecular weight excluding hydrogens is 448 g/mol. The van der Waals surface area contributed by atoms with Gasteiger partial charge in [-0.25, -0.2) is 9.97 Å². The third-order valence-electron chi connectivity index (χ3n) is 6.69. The van der Waals surface area contributed by atoms with Crippen LogP contribution in [0.2, 0.25) is 0 Å². The summed E-state index contributed by atoms with van der Waals surface area (Å²) in [4.78, 5) is 46.3. The first kappa shape index (κ1) is 22.9. The molecule has 0 spiro atoms. The number of hydrogen-bond donors (Lipinski definition) is 2. The summed E-state index contributed by atoms with van der Waals surface area (Å²) in [6.07, 6.45) is 8.49. The maximum atomic E-state index is 12.9. The predicted octanol–water partition coefficient (Wildman–Crippen LogP) is 1.09. The zero-order chi connectivity index (χ0) is 24.6. The Balaban J connectivity index is 1.26. The lowest BCUT2D eigenvalue weighted by molar-refractivity contribution is -0.133. The van der Waals surface area contributed by atoms with Crippen molar-refractivity contribution in [3.63, 3.8) is 0 Å². The largest absolute Gasteiger partial charge is 0.386 e. The third kappa shape index (κ3) is 4.46. The number of aromatic nitrogens is 6. The molecule has 0 radical (unpaired) electrons. The van der Waals surface area contributed by atoms with Crippen LogP contribution in [0.4, 0.5) is 5.69 Å². The van der Waals surface area contributed by atoms with Gasteiger partial charge >= 0.3 is 0 Å². The van der Waals surface area contributed by atoms with Gasteiger partial charge in [-0.05, 0) is 38.3 Å². The highest BCUT2D eigenvalue weighted by molar-refractivity contribution is 5.90. The Labute approximate surface area is 201 Å². The van der Waals surface area contributed by atoms with Crippen molar-refractivity contribution < 1.29 is 9.90 Å². The van der Waals surface area contributed by atoms with Crippen molar-refractivity contribution in [3.8, 4) is 0 Å². The van der Waals surface area contributed by atoms with Crippen LogP contribution in [-0.4, -0.2) is 77.7 Å². The fourth-order valence-electron chi connectivity index (χ4n) is 4.93. The fourth-order valence-corrected chi connectivity index (χ4v) is 4.93. The second kappa shape index (κ2) is 9.06. The Morgan fingerprint density at radius 2 is 2.14 bits per heavy atom. The van der Waals surface area contributed by atoms with E-state index in [1.807, 2.05) is 12.1 Å². The lowest BCUT2D eigenvalue weighted by atomic mass is 9.91. The van der Waals surface area contributed by atoms with E-state index < -0.39 is 5.60 Å². The number of hydrogen-bond acceptors (Lipinski definition) is 8. The number of β-amino-alcohol motifs (C(OH)–C–C–N with tert-alkyl or cyclic N) is 1. The zero-order valence-corrected chi connectivity index (χ0v) is 19.8. The average molecular weight is 477 g/mol. The highest BCUT2D eigenvalue weighted by Gasteiger charge is 2.36. The molecule has 4 aromatic heterocycles. The van der Waals surface area contributed by atoms with Crippen LogP contribution in [0.15, 0.2) is 41.8 Å². The topological polar surface area (TPSA) is 133 Å². The smallest absolute Gasteiger partial charge is 0.277 e. The predicted molar refractivity (Wildman–Crippen MR) is 130 cm³/mol. The Morgan fingerprint density at radius 3 is 3.00 bits per heavy atom. The molecule has 5 heterocycles. The molecule has 5 rings (SSSR count). The molecule has 1 saturated heterocycles. The van der Waals surface area contributed by atoms with Crippen molar-refractivity contribution in [2.24, 2.45) is 0 Å². The molecule has 0 aliphatic carbocycles. The SMILES string of the molecule is Cc1nc2nc[nH]n2c(=O)c1CCC(=O)N(C)C[C@]1(O)CCCN(c2ccnc3ccncc23)C1. The van der Waals surface area contributed by atoms with Gasteiger partial charge in [-0.15, -0.1) is 0 Å². The molecule has 0 unspecified atom stereocenters. The van der Waals surface area contributed by atoms with Crippen LogP contribution in [0.1, 0.15) is 30.5 Å². The third-order valence-corrected chi connectivity index (χ3v) is 6.69. The monoisotopic (exact) mass is 476 g/mol. The van der Waals surface area contributed by atoms with Crippen molar-refractivity contribution in [2.75, 3.05) is 31.6 Å². The number of aromatic amines is 1. The average Bonchev–Trinajstić information content (AvgIpc) is 3.31. The minimum absolute atomic E-state index is 0.136. The van der Waals surface area contributed by atoms with E-state index in [4.69, 9.17) is 0 Å². The maximum Gasteiger partial charge on any atom is 0.277 e. The number of likely N-dealkylation sites (N-methyl/N-ethyl adjacent to an activating group) is 1. The first-order valence-corrected chi connectivity index (χ1v) is 11.7. The first-order valence-electron chi connectivity index (χ1n) is 11.7. The van der Waals surface area contributed by atoms with E-state index in [0.29, 0.717) is 30.0 Å². The number of pyridine rings is 2. The number of anilines is 1. The van der Waals surface area contributed by atoms with Crippen molar-refractivity contribution in [1.29, 1.82) is 0 Å². The number of amides is 1. The second-order valence-corrected chi connectivity index (χ2v) is 9.23. The molecule has 1 aliphatic heterocycles. The zero-order valence-electron chi connectivity index (χ0n) is 19.8. The normalized spacial score (nSPS) is 18.3. The van der Waals surface area contributed by atoms with Crippen molar-refractivity contribution in [1.82, 2.24) is 34.4 Å². The van der Waals surface area contributed by atoms with Crippen LogP contribution < -0.4 is 10.5 Å². The molecule has 4 aromatic rings. The lowest BCUT2D eigenvalue weighted by Crippen LogP contribution is -2.54. The summed E-state index contributed by atoms with van der Waals surface area (Å²) in [5.74, 6) is 0.171. The van der Waals surface area contributed by atoms with E-state index in [1.54, 1.807) is 37.5 Å². The molecule has 0 aromatic carbocycles. The lowest BCUT2D eigenvalue weighted by Gasteiger charge is -2.42. The van der Waals surface area contributed by atoms with Gasteiger partial charge < -0.3 is 14.9 Å². The summed E-state index contributed by atoms with van der Waals surface area (Å²) in [6, 6.07) is 3.81. The Hall–Kier alpha value is -3.86. The van der Waals surface area contributed by atoms with Gasteiger partial charge in [0.2, 0.25) is 5.91 Å². The summed E-state index contributed by atoms with van der Waals surface area (Å²) in [5.41, 5.74) is 1.58. The van der Waals surface area contributed by atoms with Gasteiger partial charge in [-0.2, -0.15) is 4.52 Å². The number of aryl methyl sites for hydroxylation is 1. The number of rotatable bonds is 6. The van der Waals surface area contributed by atoms with Crippen molar-refractivity contribution in [3.05, 3.63) is 58.7 Å². The van der Waals surface area contributed by atoms with Gasteiger partial charge in [-0.1, -0.05) is 0 Å². The van der Waals surface area contributed by atoms with Crippen LogP contribution in [0.5, 0.6) is 0 Å². The van der Waals surface area contributed by atoms with E-state index in [9.17, 15) is 14.7 Å². The molecule has 0 bridgehead atoms. The molecular formula is C24H28N8O3. The molecule has 11 heteroatoms. The summed E-state index contributed by atoms with van der Waals surface area (Å²) < 4.78 is 1.27. The van der Waals surface area contributed by atoms with E-state index in [0.717, 1.165) is 29.6 Å². The minimum atomic E-state index is -1.05. The van der Waals surface area contributed by atoms with Crippen LogP contribution in [-0.2, 0) is 11.2 Å². The molecule has 11 nitrogen and oxygen atoms in total. The highest BCUT2D eigenvalue weighted by atomic mass is 16.3. The van der Waals surface area contributed by atoms with Gasteiger partial charge in [-0.3, -0.25) is 24.7 Å².